The number of hydrogen-bond acceptors (Lipinski definition) is 6. The Hall–Kier alpha value is -2.39. The molecule has 0 aliphatic rings. The lowest BCUT2D eigenvalue weighted by molar-refractivity contribution is 0.0738. The minimum Gasteiger partial charge on any atom is -0.492 e. The summed E-state index contributed by atoms with van der Waals surface area (Å²) in [6, 6.07) is 6.81. The van der Waals surface area contributed by atoms with Crippen LogP contribution in [-0.2, 0) is 0 Å². The average Bonchev–Trinajstić information content (AvgIpc) is 2.91. The molecule has 1 heterocycles. The molecule has 0 aliphatic carbocycles. The number of aryl methyl sites for hydroxylation is 1. The lowest BCUT2D eigenvalue weighted by Gasteiger charge is -2.11. The van der Waals surface area contributed by atoms with Crippen LogP contribution in [-0.4, -0.2) is 17.6 Å². The highest BCUT2D eigenvalue weighted by Gasteiger charge is 2.15. The summed E-state index contributed by atoms with van der Waals surface area (Å²) in [6.45, 7) is 6.32. The molecule has 5 nitrogen and oxygen atoms in total. The zero-order valence-electron chi connectivity index (χ0n) is 12.6. The van der Waals surface area contributed by atoms with Crippen molar-refractivity contribution in [3.63, 3.8) is 0 Å². The molecule has 0 aliphatic heterocycles. The van der Waals surface area contributed by atoms with Gasteiger partial charge in [0.05, 0.1) is 23.4 Å². The maximum Gasteiger partial charge on any atom is 0.355 e. The quantitative estimate of drug-likeness (QED) is 0.623. The first-order valence-corrected chi connectivity index (χ1v) is 7.68. The Morgan fingerprint density at radius 2 is 2.23 bits per heavy atom. The van der Waals surface area contributed by atoms with Crippen molar-refractivity contribution in [1.82, 2.24) is 4.98 Å². The summed E-state index contributed by atoms with van der Waals surface area (Å²) < 4.78 is 10.9. The number of hydrogen-bond donors (Lipinski definition) is 0. The Balaban J connectivity index is 2.14. The molecule has 0 spiro atoms. The first kappa shape index (κ1) is 16.0. The Labute approximate surface area is 133 Å². The molecular weight excluding hydrogens is 300 g/mol. The molecule has 0 amide bonds. The molecule has 2 rings (SSSR count). The fourth-order valence-corrected chi connectivity index (χ4v) is 2.37. The normalized spacial score (nSPS) is 10.3. The van der Waals surface area contributed by atoms with Crippen molar-refractivity contribution in [2.24, 2.45) is 5.92 Å². The number of carbonyl (C=O) groups excluding carboxylic acids is 1. The molecule has 1 aromatic carbocycles. The minimum absolute atomic E-state index is 0.311. The minimum atomic E-state index is -0.472. The van der Waals surface area contributed by atoms with Crippen LogP contribution in [0.15, 0.2) is 23.7 Å². The molecule has 0 N–H and O–H groups in total. The third kappa shape index (κ3) is 3.83. The molecular formula is C16H16N2O3S. The number of ether oxygens (including phenoxy) is 2. The van der Waals surface area contributed by atoms with Crippen LogP contribution in [0.1, 0.15) is 34.8 Å². The van der Waals surface area contributed by atoms with Gasteiger partial charge in [0.1, 0.15) is 22.4 Å². The molecule has 6 heteroatoms. The molecule has 2 aromatic rings. The topological polar surface area (TPSA) is 72.2 Å². The van der Waals surface area contributed by atoms with Crippen LogP contribution in [0.2, 0.25) is 0 Å². The van der Waals surface area contributed by atoms with Gasteiger partial charge in [0, 0.05) is 6.07 Å². The van der Waals surface area contributed by atoms with E-state index in [2.05, 4.69) is 11.1 Å². The molecule has 0 saturated carbocycles. The zero-order chi connectivity index (χ0) is 16.1. The molecule has 0 unspecified atom stereocenters. The van der Waals surface area contributed by atoms with Crippen molar-refractivity contribution in [1.29, 1.82) is 5.26 Å². The van der Waals surface area contributed by atoms with Crippen LogP contribution in [0.25, 0.3) is 0 Å². The molecule has 1 aromatic heterocycles. The van der Waals surface area contributed by atoms with E-state index in [0.717, 1.165) is 0 Å². The van der Waals surface area contributed by atoms with Gasteiger partial charge in [0.2, 0.25) is 0 Å². The van der Waals surface area contributed by atoms with Crippen LogP contribution >= 0.6 is 11.3 Å². The van der Waals surface area contributed by atoms with E-state index in [4.69, 9.17) is 9.47 Å². The van der Waals surface area contributed by atoms with Crippen molar-refractivity contribution >= 4 is 17.3 Å². The van der Waals surface area contributed by atoms with Crippen LogP contribution in [0.5, 0.6) is 11.5 Å². The number of nitrogens with zero attached hydrogens (tertiary/aromatic N) is 2. The van der Waals surface area contributed by atoms with Gasteiger partial charge in [0.15, 0.2) is 0 Å². The van der Waals surface area contributed by atoms with E-state index in [9.17, 15) is 10.1 Å². The van der Waals surface area contributed by atoms with Gasteiger partial charge in [-0.05, 0) is 25.0 Å². The maximum absolute atomic E-state index is 12.0. The Bertz CT molecular complexity index is 716. The summed E-state index contributed by atoms with van der Waals surface area (Å²) in [7, 11) is 0. The zero-order valence-corrected chi connectivity index (χ0v) is 13.4. The number of carbonyl (C=O) groups is 1. The summed E-state index contributed by atoms with van der Waals surface area (Å²) in [6.07, 6.45) is 0. The lowest BCUT2D eigenvalue weighted by Crippen LogP contribution is -2.09. The highest BCUT2D eigenvalue weighted by Crippen LogP contribution is 2.25. The number of aromatic nitrogens is 1. The van der Waals surface area contributed by atoms with Crippen molar-refractivity contribution in [2.45, 2.75) is 20.8 Å². The first-order valence-electron chi connectivity index (χ1n) is 6.80. The van der Waals surface area contributed by atoms with Crippen LogP contribution in [0.4, 0.5) is 0 Å². The fourth-order valence-electron chi connectivity index (χ4n) is 1.69. The summed E-state index contributed by atoms with van der Waals surface area (Å²) in [5.74, 6) is 0.689. The molecule has 114 valence electrons. The van der Waals surface area contributed by atoms with Crippen molar-refractivity contribution in [2.75, 3.05) is 6.61 Å². The van der Waals surface area contributed by atoms with Gasteiger partial charge in [-0.2, -0.15) is 5.26 Å². The molecule has 0 bridgehead atoms. The summed E-state index contributed by atoms with van der Waals surface area (Å²) in [5.41, 5.74) is 2.56. The van der Waals surface area contributed by atoms with Gasteiger partial charge in [-0.1, -0.05) is 13.8 Å². The molecule has 0 radical (unpaired) electrons. The van der Waals surface area contributed by atoms with Gasteiger partial charge in [-0.15, -0.1) is 11.3 Å². The number of esters is 1. The molecule has 0 saturated heterocycles. The van der Waals surface area contributed by atoms with Crippen LogP contribution < -0.4 is 9.47 Å². The van der Waals surface area contributed by atoms with E-state index in [1.54, 1.807) is 24.6 Å². The molecule has 22 heavy (non-hydrogen) atoms. The molecule has 0 atom stereocenters. The first-order chi connectivity index (χ1) is 10.5. The number of thiazole rings is 1. The number of benzene rings is 1. The number of nitriles is 1. The van der Waals surface area contributed by atoms with Gasteiger partial charge in [-0.3, -0.25) is 0 Å². The predicted octanol–water partition coefficient (Wildman–Crippen LogP) is 3.58. The SMILES string of the molecule is Cc1ncsc1C(=O)Oc1ccc(OCC(C)C)c(C#N)c1. The average molecular weight is 316 g/mol. The smallest absolute Gasteiger partial charge is 0.355 e. The second-order valence-corrected chi connectivity index (χ2v) is 5.99. The second-order valence-electron chi connectivity index (χ2n) is 5.13. The summed E-state index contributed by atoms with van der Waals surface area (Å²) >= 11 is 1.23. The second kappa shape index (κ2) is 7.05. The monoisotopic (exact) mass is 316 g/mol. The molecule has 0 fully saturated rings. The van der Waals surface area contributed by atoms with Crippen molar-refractivity contribution in [3.05, 3.63) is 39.8 Å². The van der Waals surface area contributed by atoms with Gasteiger partial charge < -0.3 is 9.47 Å². The number of rotatable bonds is 5. The van der Waals surface area contributed by atoms with E-state index in [-0.39, 0.29) is 0 Å². The summed E-state index contributed by atoms with van der Waals surface area (Å²) in [4.78, 5) is 16.5. The van der Waals surface area contributed by atoms with E-state index < -0.39 is 5.97 Å². The van der Waals surface area contributed by atoms with Gasteiger partial charge in [-0.25, -0.2) is 9.78 Å². The Morgan fingerprint density at radius 1 is 1.45 bits per heavy atom. The van der Waals surface area contributed by atoms with E-state index in [1.165, 1.54) is 17.4 Å². The summed E-state index contributed by atoms with van der Waals surface area (Å²) in [5, 5.41) is 9.19. The Kier molecular flexibility index (Phi) is 5.12. The van der Waals surface area contributed by atoms with E-state index in [0.29, 0.717) is 40.2 Å². The van der Waals surface area contributed by atoms with Crippen molar-refractivity contribution in [3.8, 4) is 17.6 Å². The van der Waals surface area contributed by atoms with Crippen LogP contribution in [0.3, 0.4) is 0 Å². The highest BCUT2D eigenvalue weighted by molar-refractivity contribution is 7.11. The maximum atomic E-state index is 12.0. The van der Waals surface area contributed by atoms with E-state index >= 15 is 0 Å². The van der Waals surface area contributed by atoms with E-state index in [1.807, 2.05) is 13.8 Å². The lowest BCUT2D eigenvalue weighted by atomic mass is 10.2. The van der Waals surface area contributed by atoms with Gasteiger partial charge >= 0.3 is 5.97 Å². The predicted molar refractivity (Wildman–Crippen MR) is 83.3 cm³/mol. The third-order valence-corrected chi connectivity index (χ3v) is 3.69. The van der Waals surface area contributed by atoms with Crippen molar-refractivity contribution < 1.29 is 14.3 Å². The largest absolute Gasteiger partial charge is 0.492 e. The fraction of sp³-hybridized carbons (Fsp3) is 0.312. The standard InChI is InChI=1S/C16H16N2O3S/c1-10(2)8-20-14-5-4-13(6-12(14)7-17)21-16(19)15-11(3)18-9-22-15/h4-6,9-10H,8H2,1-3H3. The van der Waals surface area contributed by atoms with Gasteiger partial charge in [0.25, 0.3) is 0 Å². The van der Waals surface area contributed by atoms with Crippen LogP contribution in [0, 0.1) is 24.2 Å². The Morgan fingerprint density at radius 3 is 2.82 bits per heavy atom. The third-order valence-electron chi connectivity index (χ3n) is 2.79. The highest BCUT2D eigenvalue weighted by atomic mass is 32.1.